The molecule has 2 rings (SSSR count). The van der Waals surface area contributed by atoms with E-state index in [1.54, 1.807) is 6.20 Å². The van der Waals surface area contributed by atoms with Gasteiger partial charge in [0, 0.05) is 12.6 Å². The van der Waals surface area contributed by atoms with E-state index in [0.29, 0.717) is 5.02 Å². The number of hydrogen-bond donors (Lipinski definition) is 0. The van der Waals surface area contributed by atoms with Crippen molar-refractivity contribution in [3.63, 3.8) is 0 Å². The molecule has 3 nitrogen and oxygen atoms in total. The van der Waals surface area contributed by atoms with E-state index in [9.17, 15) is 0 Å². The standard InChI is InChI=1S/C9H8ClN3S2/c1-2-7-12-9(15-13-7)14-8-4-3-6(10)5-11-8/h3-5H,2H2,1H3. The molecule has 0 fully saturated rings. The van der Waals surface area contributed by atoms with Gasteiger partial charge in [0.2, 0.25) is 0 Å². The first-order chi connectivity index (χ1) is 7.28. The fourth-order valence-electron chi connectivity index (χ4n) is 0.935. The van der Waals surface area contributed by atoms with E-state index < -0.39 is 0 Å². The van der Waals surface area contributed by atoms with Crippen LogP contribution < -0.4 is 0 Å². The van der Waals surface area contributed by atoms with Crippen LogP contribution >= 0.6 is 34.9 Å². The molecule has 2 aromatic heterocycles. The molecule has 0 aromatic carbocycles. The third-order valence-electron chi connectivity index (χ3n) is 1.66. The van der Waals surface area contributed by atoms with Gasteiger partial charge in [-0.1, -0.05) is 18.5 Å². The molecule has 2 aromatic rings. The van der Waals surface area contributed by atoms with Gasteiger partial charge in [0.1, 0.15) is 10.9 Å². The lowest BCUT2D eigenvalue weighted by Crippen LogP contribution is -1.82. The minimum Gasteiger partial charge on any atom is -0.248 e. The lowest BCUT2D eigenvalue weighted by Gasteiger charge is -1.95. The van der Waals surface area contributed by atoms with Crippen molar-refractivity contribution >= 4 is 34.9 Å². The van der Waals surface area contributed by atoms with Crippen LogP contribution in [0.25, 0.3) is 0 Å². The zero-order valence-corrected chi connectivity index (χ0v) is 10.4. The van der Waals surface area contributed by atoms with Gasteiger partial charge < -0.3 is 0 Å². The lowest BCUT2D eigenvalue weighted by atomic mass is 10.5. The van der Waals surface area contributed by atoms with Crippen LogP contribution in [0.2, 0.25) is 5.02 Å². The molecule has 0 spiro atoms. The Balaban J connectivity index is 2.11. The van der Waals surface area contributed by atoms with Crippen LogP contribution in [0.3, 0.4) is 0 Å². The molecule has 0 N–H and O–H groups in total. The average Bonchev–Trinajstić information content (AvgIpc) is 2.69. The summed E-state index contributed by atoms with van der Waals surface area (Å²) in [6.07, 6.45) is 2.50. The van der Waals surface area contributed by atoms with E-state index in [1.165, 1.54) is 23.3 Å². The predicted octanol–water partition coefficient (Wildman–Crippen LogP) is 3.30. The maximum atomic E-state index is 5.74. The summed E-state index contributed by atoms with van der Waals surface area (Å²) in [5.41, 5.74) is 0. The summed E-state index contributed by atoms with van der Waals surface area (Å²) in [7, 11) is 0. The van der Waals surface area contributed by atoms with Gasteiger partial charge in [-0.25, -0.2) is 9.97 Å². The molecule has 6 heteroatoms. The van der Waals surface area contributed by atoms with Gasteiger partial charge in [-0.15, -0.1) is 0 Å². The number of aryl methyl sites for hydroxylation is 1. The van der Waals surface area contributed by atoms with Crippen molar-refractivity contribution < 1.29 is 0 Å². The normalized spacial score (nSPS) is 10.5. The minimum atomic E-state index is 0.644. The first-order valence-electron chi connectivity index (χ1n) is 4.40. The van der Waals surface area contributed by atoms with Crippen molar-refractivity contribution in [3.8, 4) is 0 Å². The Morgan fingerprint density at radius 3 is 2.93 bits per heavy atom. The summed E-state index contributed by atoms with van der Waals surface area (Å²) >= 11 is 8.65. The zero-order chi connectivity index (χ0) is 10.7. The summed E-state index contributed by atoms with van der Waals surface area (Å²) in [5, 5.41) is 1.53. The van der Waals surface area contributed by atoms with E-state index in [4.69, 9.17) is 11.6 Å². The van der Waals surface area contributed by atoms with Crippen molar-refractivity contribution in [2.24, 2.45) is 0 Å². The summed E-state index contributed by atoms with van der Waals surface area (Å²) in [6.45, 7) is 2.04. The summed E-state index contributed by atoms with van der Waals surface area (Å²) in [6, 6.07) is 3.69. The molecule has 0 atom stereocenters. The SMILES string of the molecule is CCc1nsc(Sc2ccc(Cl)cn2)n1. The van der Waals surface area contributed by atoms with Crippen molar-refractivity contribution in [3.05, 3.63) is 29.2 Å². The van der Waals surface area contributed by atoms with E-state index in [2.05, 4.69) is 14.3 Å². The van der Waals surface area contributed by atoms with Crippen molar-refractivity contribution in [1.29, 1.82) is 0 Å². The molecule has 0 saturated carbocycles. The van der Waals surface area contributed by atoms with E-state index >= 15 is 0 Å². The van der Waals surface area contributed by atoms with Crippen LogP contribution in [0.4, 0.5) is 0 Å². The topological polar surface area (TPSA) is 38.7 Å². The number of rotatable bonds is 3. The molecule has 0 bridgehead atoms. The first kappa shape index (κ1) is 10.9. The van der Waals surface area contributed by atoms with Crippen LogP contribution in [0.5, 0.6) is 0 Å². The van der Waals surface area contributed by atoms with Crippen molar-refractivity contribution in [2.75, 3.05) is 0 Å². The van der Waals surface area contributed by atoms with E-state index in [0.717, 1.165) is 21.6 Å². The number of hydrogen-bond acceptors (Lipinski definition) is 5. The largest absolute Gasteiger partial charge is 0.248 e. The van der Waals surface area contributed by atoms with Crippen molar-refractivity contribution in [2.45, 2.75) is 22.7 Å². The summed E-state index contributed by atoms with van der Waals surface area (Å²) < 4.78 is 5.12. The monoisotopic (exact) mass is 257 g/mol. The molecule has 78 valence electrons. The second-order valence-corrected chi connectivity index (χ2v) is 5.20. The van der Waals surface area contributed by atoms with Crippen LogP contribution in [0, 0.1) is 0 Å². The molecule has 0 aliphatic carbocycles. The Kier molecular flexibility index (Phi) is 3.56. The number of halogens is 1. The fourth-order valence-corrected chi connectivity index (χ4v) is 2.63. The van der Waals surface area contributed by atoms with Crippen LogP contribution in [0.15, 0.2) is 27.7 Å². The van der Waals surface area contributed by atoms with Gasteiger partial charge in [-0.3, -0.25) is 0 Å². The maximum Gasteiger partial charge on any atom is 0.176 e. The number of nitrogens with zero attached hydrogens (tertiary/aromatic N) is 3. The predicted molar refractivity (Wildman–Crippen MR) is 62.7 cm³/mol. The summed E-state index contributed by atoms with van der Waals surface area (Å²) in [5.74, 6) is 0.886. The Hall–Kier alpha value is -0.650. The molecule has 0 amide bonds. The van der Waals surface area contributed by atoms with Gasteiger partial charge in [0.25, 0.3) is 0 Å². The average molecular weight is 258 g/mol. The molecule has 0 saturated heterocycles. The molecular weight excluding hydrogens is 250 g/mol. The second-order valence-electron chi connectivity index (χ2n) is 2.75. The third-order valence-corrected chi connectivity index (χ3v) is 3.62. The van der Waals surface area contributed by atoms with Gasteiger partial charge >= 0.3 is 0 Å². The van der Waals surface area contributed by atoms with E-state index in [-0.39, 0.29) is 0 Å². The van der Waals surface area contributed by atoms with E-state index in [1.807, 2.05) is 19.1 Å². The smallest absolute Gasteiger partial charge is 0.176 e. The Labute approximate surface area is 101 Å². The van der Waals surface area contributed by atoms with Crippen LogP contribution in [-0.2, 0) is 6.42 Å². The van der Waals surface area contributed by atoms with Crippen molar-refractivity contribution in [1.82, 2.24) is 14.3 Å². The molecule has 2 heterocycles. The highest BCUT2D eigenvalue weighted by molar-refractivity contribution is 8.00. The Morgan fingerprint density at radius 2 is 2.33 bits per heavy atom. The second kappa shape index (κ2) is 4.92. The Morgan fingerprint density at radius 1 is 1.47 bits per heavy atom. The van der Waals surface area contributed by atoms with Crippen LogP contribution in [-0.4, -0.2) is 14.3 Å². The molecular formula is C9H8ClN3S2. The molecule has 0 unspecified atom stereocenters. The first-order valence-corrected chi connectivity index (χ1v) is 6.36. The summed E-state index contributed by atoms with van der Waals surface area (Å²) in [4.78, 5) is 8.52. The third kappa shape index (κ3) is 2.90. The number of pyridine rings is 1. The molecule has 0 aliphatic rings. The fraction of sp³-hybridized carbons (Fsp3) is 0.222. The quantitative estimate of drug-likeness (QED) is 0.846. The molecule has 0 radical (unpaired) electrons. The Bertz CT molecular complexity index is 441. The van der Waals surface area contributed by atoms with Gasteiger partial charge in [0.15, 0.2) is 4.34 Å². The highest BCUT2D eigenvalue weighted by atomic mass is 35.5. The van der Waals surface area contributed by atoms with Gasteiger partial charge in [0.05, 0.1) is 5.02 Å². The van der Waals surface area contributed by atoms with Gasteiger partial charge in [-0.05, 0) is 35.4 Å². The minimum absolute atomic E-state index is 0.644. The van der Waals surface area contributed by atoms with Crippen LogP contribution in [0.1, 0.15) is 12.7 Å². The molecule has 0 aliphatic heterocycles. The molecule has 15 heavy (non-hydrogen) atoms. The van der Waals surface area contributed by atoms with Gasteiger partial charge in [-0.2, -0.15) is 4.37 Å². The highest BCUT2D eigenvalue weighted by Gasteiger charge is 2.05. The highest BCUT2D eigenvalue weighted by Crippen LogP contribution is 2.27. The number of aromatic nitrogens is 3. The maximum absolute atomic E-state index is 5.74. The lowest BCUT2D eigenvalue weighted by molar-refractivity contribution is 0.970. The zero-order valence-electron chi connectivity index (χ0n) is 7.98.